The van der Waals surface area contributed by atoms with E-state index in [1.807, 2.05) is 72.8 Å². The topological polar surface area (TPSA) is 50.1 Å². The van der Waals surface area contributed by atoms with Crippen LogP contribution >= 0.6 is 0 Å². The highest BCUT2D eigenvalue weighted by atomic mass is 16.5. The van der Waals surface area contributed by atoms with E-state index in [-0.39, 0.29) is 5.57 Å². The maximum atomic E-state index is 12.3. The molecule has 2 rings (SSSR count). The number of nitriles is 1. The molecule has 0 aliphatic rings. The van der Waals surface area contributed by atoms with Gasteiger partial charge in [-0.3, -0.25) is 0 Å². The third-order valence-corrected chi connectivity index (χ3v) is 4.66. The minimum absolute atomic E-state index is 0.0142. The maximum absolute atomic E-state index is 12.3. The summed E-state index contributed by atoms with van der Waals surface area (Å²) in [5.74, 6) is -0.558. The first-order chi connectivity index (χ1) is 14.3. The Balaban J connectivity index is 2.05. The number of hydrogen-bond donors (Lipinski definition) is 0. The number of esters is 1. The van der Waals surface area contributed by atoms with Gasteiger partial charge in [0.1, 0.15) is 11.6 Å². The summed E-state index contributed by atoms with van der Waals surface area (Å²) in [6, 6.07) is 21.8. The van der Waals surface area contributed by atoms with E-state index in [0.29, 0.717) is 6.61 Å². The highest BCUT2D eigenvalue weighted by Crippen LogP contribution is 2.23. The molecule has 2 aromatic rings. The van der Waals surface area contributed by atoms with E-state index in [9.17, 15) is 10.1 Å². The lowest BCUT2D eigenvalue weighted by atomic mass is 9.97. The molecule has 0 saturated carbocycles. The number of carbonyl (C=O) groups excluding carboxylic acids is 1. The first-order valence-electron chi connectivity index (χ1n) is 10.4. The number of benzene rings is 2. The standard InChI is InChI=1S/C26H29NO2/c1-2-3-4-5-6-13-20-29-26(28)24(21-27)18-19-25(22-14-9-7-10-15-22)23-16-11-8-12-17-23/h7-12,14-19H,2-6,13,20H2,1H3. The molecule has 150 valence electrons. The molecule has 0 aromatic heterocycles. The highest BCUT2D eigenvalue weighted by Gasteiger charge is 2.10. The van der Waals surface area contributed by atoms with E-state index in [4.69, 9.17) is 4.74 Å². The Morgan fingerprint density at radius 2 is 1.41 bits per heavy atom. The summed E-state index contributed by atoms with van der Waals surface area (Å²) in [6.07, 6.45) is 10.1. The fourth-order valence-electron chi connectivity index (χ4n) is 3.04. The van der Waals surface area contributed by atoms with Crippen LogP contribution in [0.5, 0.6) is 0 Å². The van der Waals surface area contributed by atoms with Gasteiger partial charge in [0.2, 0.25) is 0 Å². The number of ether oxygens (including phenoxy) is 1. The molecule has 0 heterocycles. The number of carbonyl (C=O) groups is 1. The second kappa shape index (κ2) is 13.1. The van der Waals surface area contributed by atoms with Crippen molar-refractivity contribution < 1.29 is 9.53 Å². The predicted molar refractivity (Wildman–Crippen MR) is 118 cm³/mol. The van der Waals surface area contributed by atoms with Gasteiger partial charge in [-0.2, -0.15) is 5.26 Å². The van der Waals surface area contributed by atoms with E-state index in [1.165, 1.54) is 19.3 Å². The van der Waals surface area contributed by atoms with Gasteiger partial charge in [-0.1, -0.05) is 106 Å². The van der Waals surface area contributed by atoms with Crippen molar-refractivity contribution in [2.24, 2.45) is 0 Å². The van der Waals surface area contributed by atoms with Gasteiger partial charge < -0.3 is 4.74 Å². The SMILES string of the molecule is CCCCCCCCOC(=O)C(C#N)=CC=C(c1ccccc1)c1ccccc1. The van der Waals surface area contributed by atoms with Crippen LogP contribution in [0.1, 0.15) is 56.6 Å². The summed E-state index contributed by atoms with van der Waals surface area (Å²) >= 11 is 0. The lowest BCUT2D eigenvalue weighted by molar-refractivity contribution is -0.138. The Hall–Kier alpha value is -3.12. The van der Waals surface area contributed by atoms with Crippen LogP contribution < -0.4 is 0 Å². The Bertz CT molecular complexity index is 804. The van der Waals surface area contributed by atoms with E-state index in [0.717, 1.165) is 36.0 Å². The summed E-state index contributed by atoms with van der Waals surface area (Å²) < 4.78 is 5.29. The molecule has 29 heavy (non-hydrogen) atoms. The molecule has 0 aliphatic heterocycles. The number of rotatable bonds is 11. The van der Waals surface area contributed by atoms with Gasteiger partial charge in [-0.15, -0.1) is 0 Å². The molecule has 2 aromatic carbocycles. The molecule has 0 fully saturated rings. The molecule has 0 aliphatic carbocycles. The van der Waals surface area contributed by atoms with Crippen LogP contribution in [0.2, 0.25) is 0 Å². The average molecular weight is 388 g/mol. The molecule has 0 saturated heterocycles. The smallest absolute Gasteiger partial charge is 0.348 e. The molecule has 3 nitrogen and oxygen atoms in total. The van der Waals surface area contributed by atoms with Gasteiger partial charge in [-0.25, -0.2) is 4.79 Å². The summed E-state index contributed by atoms with van der Waals surface area (Å²) in [5, 5.41) is 9.40. The Kier molecular flexibility index (Phi) is 10.0. The normalized spacial score (nSPS) is 10.8. The van der Waals surface area contributed by atoms with Crippen LogP contribution in [0.4, 0.5) is 0 Å². The molecule has 0 spiro atoms. The van der Waals surface area contributed by atoms with Gasteiger partial charge >= 0.3 is 5.97 Å². The largest absolute Gasteiger partial charge is 0.462 e. The zero-order chi connectivity index (χ0) is 20.7. The average Bonchev–Trinajstić information content (AvgIpc) is 2.77. The molecule has 0 radical (unpaired) electrons. The summed E-state index contributed by atoms with van der Waals surface area (Å²) in [4.78, 5) is 12.3. The molecule has 0 unspecified atom stereocenters. The van der Waals surface area contributed by atoms with Crippen LogP contribution in [-0.2, 0) is 9.53 Å². The molecule has 0 bridgehead atoms. The Labute approximate surface area is 174 Å². The summed E-state index contributed by atoms with van der Waals surface area (Å²) in [7, 11) is 0. The Morgan fingerprint density at radius 1 is 0.862 bits per heavy atom. The quantitative estimate of drug-likeness (QED) is 0.146. The molecular weight excluding hydrogens is 358 g/mol. The van der Waals surface area contributed by atoms with Crippen molar-refractivity contribution in [3.05, 3.63) is 89.5 Å². The van der Waals surface area contributed by atoms with E-state index < -0.39 is 5.97 Å². The Morgan fingerprint density at radius 3 is 1.97 bits per heavy atom. The summed E-state index contributed by atoms with van der Waals surface area (Å²) in [6.45, 7) is 2.55. The van der Waals surface area contributed by atoms with Crippen LogP contribution in [0.3, 0.4) is 0 Å². The fourth-order valence-corrected chi connectivity index (χ4v) is 3.04. The van der Waals surface area contributed by atoms with Crippen molar-refractivity contribution in [2.75, 3.05) is 6.61 Å². The first kappa shape index (κ1) is 22.2. The van der Waals surface area contributed by atoms with Crippen molar-refractivity contribution in [2.45, 2.75) is 45.4 Å². The van der Waals surface area contributed by atoms with Gasteiger partial charge in [0, 0.05) is 0 Å². The fraction of sp³-hybridized carbons (Fsp3) is 0.308. The van der Waals surface area contributed by atoms with E-state index >= 15 is 0 Å². The lowest BCUT2D eigenvalue weighted by Crippen LogP contribution is -2.08. The molecule has 0 amide bonds. The third-order valence-electron chi connectivity index (χ3n) is 4.66. The van der Waals surface area contributed by atoms with Gasteiger partial charge in [0.25, 0.3) is 0 Å². The minimum atomic E-state index is -0.558. The lowest BCUT2D eigenvalue weighted by Gasteiger charge is -2.08. The van der Waals surface area contributed by atoms with Gasteiger partial charge in [-0.05, 0) is 29.2 Å². The summed E-state index contributed by atoms with van der Waals surface area (Å²) in [5.41, 5.74) is 3.00. The number of unbranched alkanes of at least 4 members (excludes halogenated alkanes) is 5. The van der Waals surface area contributed by atoms with Crippen LogP contribution in [-0.4, -0.2) is 12.6 Å². The zero-order valence-corrected chi connectivity index (χ0v) is 17.1. The van der Waals surface area contributed by atoms with Gasteiger partial charge in [0.15, 0.2) is 0 Å². The van der Waals surface area contributed by atoms with Crippen LogP contribution in [0.15, 0.2) is 78.4 Å². The predicted octanol–water partition coefficient (Wildman–Crippen LogP) is 6.47. The highest BCUT2D eigenvalue weighted by molar-refractivity contribution is 5.94. The molecular formula is C26H29NO2. The van der Waals surface area contributed by atoms with E-state index in [2.05, 4.69) is 6.92 Å². The number of nitrogens with zero attached hydrogens (tertiary/aromatic N) is 1. The second-order valence-corrected chi connectivity index (χ2v) is 6.91. The van der Waals surface area contributed by atoms with Crippen LogP contribution in [0, 0.1) is 11.3 Å². The number of allylic oxidation sites excluding steroid dienone is 2. The maximum Gasteiger partial charge on any atom is 0.348 e. The minimum Gasteiger partial charge on any atom is -0.462 e. The van der Waals surface area contributed by atoms with Crippen LogP contribution in [0.25, 0.3) is 5.57 Å². The first-order valence-corrected chi connectivity index (χ1v) is 10.4. The molecule has 3 heteroatoms. The van der Waals surface area contributed by atoms with Crippen molar-refractivity contribution in [3.8, 4) is 6.07 Å². The third kappa shape index (κ3) is 7.79. The van der Waals surface area contributed by atoms with Gasteiger partial charge in [0.05, 0.1) is 6.61 Å². The second-order valence-electron chi connectivity index (χ2n) is 6.91. The van der Waals surface area contributed by atoms with Crippen molar-refractivity contribution in [1.29, 1.82) is 5.26 Å². The monoisotopic (exact) mass is 387 g/mol. The van der Waals surface area contributed by atoms with Crippen molar-refractivity contribution in [3.63, 3.8) is 0 Å². The molecule has 0 atom stereocenters. The van der Waals surface area contributed by atoms with Crippen molar-refractivity contribution in [1.82, 2.24) is 0 Å². The zero-order valence-electron chi connectivity index (χ0n) is 17.1. The van der Waals surface area contributed by atoms with E-state index in [1.54, 1.807) is 6.08 Å². The van der Waals surface area contributed by atoms with Crippen molar-refractivity contribution >= 4 is 11.5 Å². The molecule has 0 N–H and O–H groups in total. The number of hydrogen-bond acceptors (Lipinski definition) is 3.